The molecule has 4 amide bonds. The van der Waals surface area contributed by atoms with E-state index in [1.54, 1.807) is 18.1 Å². The Morgan fingerprint density at radius 3 is 2.75 bits per heavy atom. The number of carbonyl (C=O) groups is 3. The summed E-state index contributed by atoms with van der Waals surface area (Å²) in [6.07, 6.45) is -0.669. The first-order chi connectivity index (χ1) is 21.2. The van der Waals surface area contributed by atoms with E-state index in [0.717, 1.165) is 11.8 Å². The Balaban J connectivity index is 1.22. The average Bonchev–Trinajstić information content (AvgIpc) is 3.73. The molecule has 2 N–H and O–H groups in total. The van der Waals surface area contributed by atoms with Gasteiger partial charge in [-0.3, -0.25) is 19.3 Å². The van der Waals surface area contributed by atoms with Gasteiger partial charge in [-0.1, -0.05) is 30.3 Å². The van der Waals surface area contributed by atoms with Gasteiger partial charge < -0.3 is 24.5 Å². The molecule has 14 nitrogen and oxygen atoms in total. The highest BCUT2D eigenvalue weighted by atomic mass is 19.3. The Morgan fingerprint density at radius 2 is 2.00 bits per heavy atom. The number of anilines is 3. The molecule has 5 rings (SSSR count). The summed E-state index contributed by atoms with van der Waals surface area (Å²) in [5.74, 6) is -0.723. The normalized spacial score (nSPS) is 13.1. The number of hydrogen-bond acceptors (Lipinski definition) is 8. The van der Waals surface area contributed by atoms with Crippen molar-refractivity contribution in [3.63, 3.8) is 0 Å². The molecule has 1 aliphatic rings. The van der Waals surface area contributed by atoms with E-state index in [9.17, 15) is 28.3 Å². The molecule has 0 radical (unpaired) electrons. The smallest absolute Gasteiger partial charge is 0.413 e. The molecule has 0 spiro atoms. The fourth-order valence-electron chi connectivity index (χ4n) is 4.49. The molecule has 0 saturated carbocycles. The van der Waals surface area contributed by atoms with Crippen molar-refractivity contribution in [2.24, 2.45) is 7.05 Å². The molecule has 0 atom stereocenters. The Hall–Kier alpha value is -5.38. The molecule has 4 aromatic rings. The average molecular weight is 611 g/mol. The van der Waals surface area contributed by atoms with Gasteiger partial charge in [0.1, 0.15) is 17.8 Å². The first kappa shape index (κ1) is 30.1. The number of oxazole rings is 1. The van der Waals surface area contributed by atoms with Crippen molar-refractivity contribution in [2.75, 3.05) is 47.9 Å². The van der Waals surface area contributed by atoms with Crippen molar-refractivity contribution in [3.8, 4) is 11.5 Å². The topological polar surface area (TPSA) is 159 Å². The van der Waals surface area contributed by atoms with Gasteiger partial charge in [0.25, 0.3) is 12.3 Å². The van der Waals surface area contributed by atoms with Crippen molar-refractivity contribution >= 4 is 35.4 Å². The largest absolute Gasteiger partial charge is 0.465 e. The lowest BCUT2D eigenvalue weighted by atomic mass is 10.2. The van der Waals surface area contributed by atoms with Gasteiger partial charge in [-0.15, -0.1) is 0 Å². The summed E-state index contributed by atoms with van der Waals surface area (Å²) in [5, 5.41) is 16.4. The monoisotopic (exact) mass is 610 g/mol. The van der Waals surface area contributed by atoms with Gasteiger partial charge in [-0.25, -0.2) is 28.3 Å². The predicted octanol–water partition coefficient (Wildman–Crippen LogP) is 3.93. The van der Waals surface area contributed by atoms with Gasteiger partial charge in [0.2, 0.25) is 5.89 Å². The maximum absolute atomic E-state index is 13.1. The van der Waals surface area contributed by atoms with Crippen LogP contribution in [0.5, 0.6) is 0 Å². The number of nitrogens with zero attached hydrogens (tertiary/aromatic N) is 7. The van der Waals surface area contributed by atoms with E-state index in [0.29, 0.717) is 37.7 Å². The first-order valence-corrected chi connectivity index (χ1v) is 13.4. The minimum Gasteiger partial charge on any atom is -0.465 e. The van der Waals surface area contributed by atoms with Gasteiger partial charge in [-0.2, -0.15) is 5.10 Å². The van der Waals surface area contributed by atoms with Crippen molar-refractivity contribution in [2.45, 2.75) is 13.0 Å². The zero-order chi connectivity index (χ0) is 31.2. The highest BCUT2D eigenvalue weighted by molar-refractivity contribution is 6.06. The minimum absolute atomic E-state index is 0.0626. The van der Waals surface area contributed by atoms with Gasteiger partial charge in [0.15, 0.2) is 11.5 Å². The molecule has 16 heteroatoms. The molecular weight excluding hydrogens is 582 g/mol. The van der Waals surface area contributed by atoms with E-state index >= 15 is 0 Å². The van der Waals surface area contributed by atoms with Gasteiger partial charge in [0, 0.05) is 38.4 Å². The third kappa shape index (κ3) is 6.97. The summed E-state index contributed by atoms with van der Waals surface area (Å²) in [4.78, 5) is 49.2. The van der Waals surface area contributed by atoms with Crippen molar-refractivity contribution in [1.29, 1.82) is 0 Å². The fraction of sp³-hybridized carbons (Fsp3) is 0.286. The fourth-order valence-corrected chi connectivity index (χ4v) is 4.49. The number of carbonyl (C=O) groups excluding carboxylic acids is 2. The molecule has 1 aliphatic heterocycles. The summed E-state index contributed by atoms with van der Waals surface area (Å²) in [6, 6.07) is 12.1. The predicted molar refractivity (Wildman–Crippen MR) is 153 cm³/mol. The van der Waals surface area contributed by atoms with E-state index < -0.39 is 25.0 Å². The number of aryl methyl sites for hydroxylation is 1. The number of halogens is 2. The van der Waals surface area contributed by atoms with Crippen LogP contribution in [0.1, 0.15) is 16.1 Å². The molecule has 4 heterocycles. The second-order valence-corrected chi connectivity index (χ2v) is 9.68. The Morgan fingerprint density at radius 1 is 1.20 bits per heavy atom. The summed E-state index contributed by atoms with van der Waals surface area (Å²) in [6.45, 7) is 0.922. The maximum atomic E-state index is 13.1. The lowest BCUT2D eigenvalue weighted by Crippen LogP contribution is -2.34. The maximum Gasteiger partial charge on any atom is 0.413 e. The van der Waals surface area contributed by atoms with E-state index in [4.69, 9.17) is 9.15 Å². The van der Waals surface area contributed by atoms with Crippen LogP contribution in [0.2, 0.25) is 0 Å². The molecule has 0 unspecified atom stereocenters. The first-order valence-electron chi connectivity index (χ1n) is 13.4. The highest BCUT2D eigenvalue weighted by Gasteiger charge is 2.33. The molecule has 1 fully saturated rings. The molecular formula is C28H28F2N8O6. The molecule has 1 aromatic carbocycles. The molecule has 3 aromatic heterocycles. The van der Waals surface area contributed by atoms with Crippen LogP contribution in [0.15, 0.2) is 65.5 Å². The van der Waals surface area contributed by atoms with Crippen LogP contribution in [0.25, 0.3) is 11.5 Å². The number of urea groups is 1. The summed E-state index contributed by atoms with van der Waals surface area (Å²) < 4.78 is 38.3. The van der Waals surface area contributed by atoms with Crippen LogP contribution < -0.4 is 15.1 Å². The number of amides is 4. The van der Waals surface area contributed by atoms with Crippen molar-refractivity contribution < 1.29 is 37.4 Å². The Kier molecular flexibility index (Phi) is 9.09. The molecule has 230 valence electrons. The van der Waals surface area contributed by atoms with Crippen LogP contribution in [0.4, 0.5) is 35.7 Å². The van der Waals surface area contributed by atoms with E-state index in [-0.39, 0.29) is 40.5 Å². The number of pyridine rings is 1. The summed E-state index contributed by atoms with van der Waals surface area (Å²) in [5.41, 5.74) is 1.40. The lowest BCUT2D eigenvalue weighted by molar-refractivity contribution is 0.102. The van der Waals surface area contributed by atoms with Gasteiger partial charge in [0.05, 0.1) is 26.0 Å². The summed E-state index contributed by atoms with van der Waals surface area (Å²) >= 11 is 0. The molecule has 44 heavy (non-hydrogen) atoms. The second-order valence-electron chi connectivity index (χ2n) is 9.68. The van der Waals surface area contributed by atoms with Crippen molar-refractivity contribution in [3.05, 3.63) is 72.4 Å². The SMILES string of the molecule is Cn1cc(NC(=O)c2coc(-c3ccnc(N(CC(F)F)C(=O)O)c3)n2)c(N2CCN(CCOCc3ccccc3)C2=O)n1. The number of hydrogen-bond donors (Lipinski definition) is 2. The van der Waals surface area contributed by atoms with Crippen LogP contribution in [-0.4, -0.2) is 87.0 Å². The second kappa shape index (κ2) is 13.3. The van der Waals surface area contributed by atoms with Gasteiger partial charge in [-0.05, 0) is 17.7 Å². The quantitative estimate of drug-likeness (QED) is 0.227. The number of ether oxygens (including phenoxy) is 1. The van der Waals surface area contributed by atoms with Crippen LogP contribution in [0, 0.1) is 0 Å². The standard InChI is InChI=1S/C28H28F2N8O6/c1-35-14-20(24(34-35)37-10-9-36(27(37)40)11-12-43-16-18-5-3-2-4-6-18)32-25(39)21-17-44-26(33-21)19-7-8-31-23(13-19)38(28(41)42)15-22(29)30/h2-8,13-14,17,22H,9-12,15-16H2,1H3,(H,32,39)(H,41,42). The van der Waals surface area contributed by atoms with E-state index in [1.807, 2.05) is 30.3 Å². The van der Waals surface area contributed by atoms with Crippen LogP contribution >= 0.6 is 0 Å². The summed E-state index contributed by atoms with van der Waals surface area (Å²) in [7, 11) is 1.65. The van der Waals surface area contributed by atoms with E-state index in [2.05, 4.69) is 20.4 Å². The molecule has 0 bridgehead atoms. The highest BCUT2D eigenvalue weighted by Crippen LogP contribution is 2.28. The van der Waals surface area contributed by atoms with Gasteiger partial charge >= 0.3 is 12.1 Å². The number of aromatic nitrogens is 4. The number of nitrogens with one attached hydrogen (secondary N) is 1. The van der Waals surface area contributed by atoms with E-state index in [1.165, 1.54) is 27.9 Å². The zero-order valence-electron chi connectivity index (χ0n) is 23.5. The minimum atomic E-state index is -2.91. The molecule has 1 saturated heterocycles. The van der Waals surface area contributed by atoms with Crippen molar-refractivity contribution in [1.82, 2.24) is 24.6 Å². The third-order valence-corrected chi connectivity index (χ3v) is 6.58. The number of rotatable bonds is 12. The Labute approximate surface area is 249 Å². The molecule has 0 aliphatic carbocycles. The number of alkyl halides is 2. The van der Waals surface area contributed by atoms with Crippen LogP contribution in [-0.2, 0) is 18.4 Å². The number of benzene rings is 1. The lowest BCUT2D eigenvalue weighted by Gasteiger charge is -2.18. The zero-order valence-corrected chi connectivity index (χ0v) is 23.5. The Bertz CT molecular complexity index is 1630. The third-order valence-electron chi connectivity index (χ3n) is 6.58. The van der Waals surface area contributed by atoms with Crippen LogP contribution in [0.3, 0.4) is 0 Å². The number of carboxylic acid groups (broad SMARTS) is 1.